The second-order valence-corrected chi connectivity index (χ2v) is 16.8. The van der Waals surface area contributed by atoms with Crippen molar-refractivity contribution in [1.82, 2.24) is 34.5 Å². The number of aryl methyl sites for hydroxylation is 2. The first-order chi connectivity index (χ1) is 29.4. The largest absolute Gasteiger partial charge is 0.477 e. The Morgan fingerprint density at radius 2 is 1.74 bits per heavy atom. The van der Waals surface area contributed by atoms with E-state index in [1.807, 2.05) is 31.0 Å². The highest BCUT2D eigenvalue weighted by atomic mass is 19.1. The number of hydrogen-bond donors (Lipinski definition) is 2. The Morgan fingerprint density at radius 1 is 0.934 bits per heavy atom. The van der Waals surface area contributed by atoms with Crippen molar-refractivity contribution in [3.8, 4) is 23.2 Å². The van der Waals surface area contributed by atoms with E-state index in [-0.39, 0.29) is 42.2 Å². The molecule has 316 valence electrons. The fraction of sp³-hybridized carbons (Fsp3) is 0.432. The Balaban J connectivity index is 0.886. The Kier molecular flexibility index (Phi) is 10.6. The summed E-state index contributed by atoms with van der Waals surface area (Å²) in [5.74, 6) is -2.57. The van der Waals surface area contributed by atoms with Crippen LogP contribution in [0.5, 0.6) is 5.88 Å². The summed E-state index contributed by atoms with van der Waals surface area (Å²) >= 11 is 0. The number of aromatic nitrogens is 5. The van der Waals surface area contributed by atoms with Gasteiger partial charge in [-0.3, -0.25) is 34.9 Å². The number of amides is 3. The number of piperidine rings is 1. The zero-order valence-corrected chi connectivity index (χ0v) is 34.3. The number of nitrogens with zero attached hydrogens (tertiary/aromatic N) is 9. The molecule has 17 heteroatoms. The summed E-state index contributed by atoms with van der Waals surface area (Å²) in [6, 6.07) is 14.2. The number of imidazole rings is 1. The third kappa shape index (κ3) is 7.87. The van der Waals surface area contributed by atoms with Crippen molar-refractivity contribution >= 4 is 46.1 Å². The highest BCUT2D eigenvalue weighted by Gasteiger charge is 2.37. The Morgan fingerprint density at radius 3 is 2.51 bits per heavy atom. The summed E-state index contributed by atoms with van der Waals surface area (Å²) in [5.41, 5.74) is 5.14. The van der Waals surface area contributed by atoms with Crippen LogP contribution in [0.4, 0.5) is 26.1 Å². The molecule has 0 unspecified atom stereocenters. The first kappa shape index (κ1) is 40.0. The van der Waals surface area contributed by atoms with E-state index >= 15 is 8.78 Å². The van der Waals surface area contributed by atoms with Crippen LogP contribution in [0.15, 0.2) is 48.7 Å². The minimum Gasteiger partial charge on any atom is -0.477 e. The molecule has 4 aliphatic rings. The zero-order chi connectivity index (χ0) is 42.5. The number of pyridine rings is 1. The molecule has 15 nitrogen and oxygen atoms in total. The zero-order valence-electron chi connectivity index (χ0n) is 34.3. The lowest BCUT2D eigenvalue weighted by Crippen LogP contribution is -2.58. The van der Waals surface area contributed by atoms with Crippen LogP contribution in [-0.2, 0) is 23.2 Å². The molecule has 9 rings (SSSR count). The number of benzene rings is 2. The lowest BCUT2D eigenvalue weighted by atomic mass is 9.89. The maximum Gasteiger partial charge on any atom is 0.258 e. The fourth-order valence-corrected chi connectivity index (χ4v) is 9.16. The first-order valence-corrected chi connectivity index (χ1v) is 20.8. The van der Waals surface area contributed by atoms with Crippen LogP contribution in [0.3, 0.4) is 0 Å². The molecule has 61 heavy (non-hydrogen) atoms. The molecule has 2 aromatic carbocycles. The van der Waals surface area contributed by atoms with E-state index in [9.17, 15) is 19.6 Å². The van der Waals surface area contributed by atoms with E-state index < -0.39 is 29.4 Å². The van der Waals surface area contributed by atoms with Crippen molar-refractivity contribution in [2.24, 2.45) is 18.9 Å². The minimum absolute atomic E-state index is 0.0332. The molecular formula is C44H47F2N11O4. The van der Waals surface area contributed by atoms with Gasteiger partial charge in [-0.05, 0) is 74.6 Å². The van der Waals surface area contributed by atoms with Gasteiger partial charge in [-0.2, -0.15) is 10.4 Å². The van der Waals surface area contributed by atoms with Gasteiger partial charge in [0.05, 0.1) is 47.1 Å². The van der Waals surface area contributed by atoms with Crippen molar-refractivity contribution in [1.29, 1.82) is 5.26 Å². The van der Waals surface area contributed by atoms with Crippen LogP contribution >= 0.6 is 0 Å². The molecule has 5 aromatic rings. The minimum atomic E-state index is -1.04. The van der Waals surface area contributed by atoms with Gasteiger partial charge in [0.25, 0.3) is 5.91 Å². The molecule has 0 radical (unpaired) electrons. The summed E-state index contributed by atoms with van der Waals surface area (Å²) in [4.78, 5) is 53.6. The monoisotopic (exact) mass is 831 g/mol. The average molecular weight is 832 g/mol. The summed E-state index contributed by atoms with van der Waals surface area (Å²) < 4.78 is 40.4. The number of anilines is 3. The smallest absolute Gasteiger partial charge is 0.258 e. The number of rotatable bonds is 5. The quantitative estimate of drug-likeness (QED) is 0.225. The second kappa shape index (κ2) is 16.2. The Bertz CT molecular complexity index is 2570. The molecule has 0 aliphatic carbocycles. The maximum absolute atomic E-state index is 15.2. The Hall–Kier alpha value is -6.41. The first-order valence-electron chi connectivity index (χ1n) is 20.8. The molecule has 4 aliphatic heterocycles. The van der Waals surface area contributed by atoms with Gasteiger partial charge < -0.3 is 19.1 Å². The highest BCUT2D eigenvalue weighted by Crippen LogP contribution is 2.36. The summed E-state index contributed by atoms with van der Waals surface area (Å²) in [5, 5.41) is 20.0. The molecule has 0 spiro atoms. The summed E-state index contributed by atoms with van der Waals surface area (Å²) in [7, 11) is 1.83. The standard InChI is InChI=1S/C44H47F2N11O4/c1-25-5-4-12-61-43-33(19-48-53(43)3)37-14-28(13-26(2)49-37)41(59)52-44-50-36-8-6-29(17-38(36)57(44)20-25)55-11-10-54(31(18-47)24-55)21-27-22-56(23-27)30-15-34(45)40(35(46)16-30)32-7-9-39(58)51-42(32)60/h6,8,13-17,19,25,27,31-32H,4-5,7,9-12,20-24H2,1-3H3,(H,50,52,59)(H,51,58,60)/t25-,31+,32-/m1/s1. The Labute approximate surface area is 351 Å². The average Bonchev–Trinajstić information content (AvgIpc) is 3.75. The van der Waals surface area contributed by atoms with Gasteiger partial charge in [-0.15, -0.1) is 0 Å². The summed E-state index contributed by atoms with van der Waals surface area (Å²) in [6.45, 7) is 8.80. The van der Waals surface area contributed by atoms with Gasteiger partial charge in [0, 0.05) is 93.4 Å². The van der Waals surface area contributed by atoms with Crippen molar-refractivity contribution < 1.29 is 27.9 Å². The van der Waals surface area contributed by atoms with Gasteiger partial charge in [-0.1, -0.05) is 6.92 Å². The maximum atomic E-state index is 15.2. The molecule has 2 N–H and O–H groups in total. The van der Waals surface area contributed by atoms with Gasteiger partial charge in [0.15, 0.2) is 0 Å². The van der Waals surface area contributed by atoms with E-state index in [4.69, 9.17) is 14.7 Å². The lowest BCUT2D eigenvalue weighted by molar-refractivity contribution is -0.134. The van der Waals surface area contributed by atoms with Gasteiger partial charge in [-0.25, -0.2) is 18.4 Å². The van der Waals surface area contributed by atoms with Crippen molar-refractivity contribution in [2.45, 2.75) is 58.0 Å². The van der Waals surface area contributed by atoms with Crippen LogP contribution in [0.1, 0.15) is 60.1 Å². The van der Waals surface area contributed by atoms with Gasteiger partial charge >= 0.3 is 0 Å². The molecular weight excluding hydrogens is 785 g/mol. The van der Waals surface area contributed by atoms with Crippen LogP contribution < -0.4 is 25.2 Å². The predicted octanol–water partition coefficient (Wildman–Crippen LogP) is 5.15. The molecule has 0 saturated carbocycles. The highest BCUT2D eigenvalue weighted by molar-refractivity contribution is 6.05. The molecule has 2 bridgehead atoms. The van der Waals surface area contributed by atoms with Crippen molar-refractivity contribution in [2.75, 3.05) is 61.0 Å². The number of imide groups is 1. The third-order valence-corrected chi connectivity index (χ3v) is 12.4. The van der Waals surface area contributed by atoms with Gasteiger partial charge in [0.1, 0.15) is 17.7 Å². The van der Waals surface area contributed by atoms with Crippen LogP contribution in [0, 0.1) is 41.7 Å². The summed E-state index contributed by atoms with van der Waals surface area (Å²) in [6.07, 6.45) is 3.50. The van der Waals surface area contributed by atoms with Crippen LogP contribution in [-0.4, -0.2) is 98.9 Å². The fourth-order valence-electron chi connectivity index (χ4n) is 9.16. The number of carbonyl (C=O) groups is 3. The molecule has 7 heterocycles. The van der Waals surface area contributed by atoms with Crippen LogP contribution in [0.25, 0.3) is 22.3 Å². The number of nitrogens with one attached hydrogen (secondary N) is 2. The van der Waals surface area contributed by atoms with E-state index in [0.717, 1.165) is 35.1 Å². The van der Waals surface area contributed by atoms with Crippen molar-refractivity contribution in [3.05, 3.63) is 77.1 Å². The van der Waals surface area contributed by atoms with Crippen LogP contribution in [0.2, 0.25) is 0 Å². The second-order valence-electron chi connectivity index (χ2n) is 16.8. The van der Waals surface area contributed by atoms with E-state index in [0.29, 0.717) is 86.9 Å². The normalized spacial score (nSPS) is 21.6. The molecule has 3 amide bonds. The third-order valence-electron chi connectivity index (χ3n) is 12.4. The lowest BCUT2D eigenvalue weighted by Gasteiger charge is -2.46. The van der Waals surface area contributed by atoms with E-state index in [1.54, 1.807) is 23.0 Å². The predicted molar refractivity (Wildman–Crippen MR) is 223 cm³/mol. The topological polar surface area (TPSA) is 167 Å². The van der Waals surface area contributed by atoms with E-state index in [1.165, 1.54) is 12.1 Å². The van der Waals surface area contributed by atoms with Gasteiger partial charge in [0.2, 0.25) is 23.6 Å². The van der Waals surface area contributed by atoms with Crippen molar-refractivity contribution in [3.63, 3.8) is 0 Å². The number of hydrogen-bond acceptors (Lipinski definition) is 11. The van der Waals surface area contributed by atoms with E-state index in [2.05, 4.69) is 49.2 Å². The SMILES string of the molecule is Cc1cc2cc(n1)-c1cnn(C)c1OCCC[C@@H](C)Cn1c(nc3ccc(N4CCN(CC5CN(c6cc(F)c([C@H]7CCC(=O)NC7=O)c(F)c6)C5)[C@@H](C#N)C4)cc31)NC2=O. The number of carbonyl (C=O) groups excluding carboxylic acids is 3. The number of nitriles is 1. The number of piperazine rings is 1. The molecule has 3 saturated heterocycles. The number of fused-ring (bicyclic) bond motifs is 7. The molecule has 3 atom stereocenters. The molecule has 3 fully saturated rings. The number of halogens is 2. The number of ether oxygens (including phenoxy) is 1. The molecule has 3 aromatic heterocycles.